The zero-order valence-electron chi connectivity index (χ0n) is 13.4. The lowest BCUT2D eigenvalue weighted by Crippen LogP contribution is -2.34. The molecule has 1 atom stereocenters. The first kappa shape index (κ1) is 16.1. The van der Waals surface area contributed by atoms with Gasteiger partial charge in [0, 0.05) is 31.4 Å². The molecule has 0 bridgehead atoms. The number of H-pyrrole nitrogens is 2. The third kappa shape index (κ3) is 3.95. The summed E-state index contributed by atoms with van der Waals surface area (Å²) in [5, 5.41) is 8.96. The van der Waals surface area contributed by atoms with E-state index in [9.17, 15) is 9.59 Å². The molecule has 1 unspecified atom stereocenters. The molecule has 0 saturated carbocycles. The average molecular weight is 332 g/mol. The number of ether oxygens (including phenoxy) is 2. The van der Waals surface area contributed by atoms with Crippen molar-refractivity contribution in [1.29, 1.82) is 0 Å². The van der Waals surface area contributed by atoms with E-state index in [0.717, 1.165) is 23.5 Å². The van der Waals surface area contributed by atoms with Gasteiger partial charge in [-0.15, -0.1) is 0 Å². The number of carbonyl (C=O) groups is 1. The summed E-state index contributed by atoms with van der Waals surface area (Å²) >= 11 is 0. The summed E-state index contributed by atoms with van der Waals surface area (Å²) in [5.74, 6) is 2.27. The van der Waals surface area contributed by atoms with Crippen molar-refractivity contribution in [3.8, 4) is 11.5 Å². The molecule has 0 aliphatic carbocycles. The molecule has 1 aromatic heterocycles. The number of nitrogens with one attached hydrogen (secondary N) is 3. The van der Waals surface area contributed by atoms with E-state index in [1.165, 1.54) is 0 Å². The lowest BCUT2D eigenvalue weighted by atomic mass is 9.96. The average Bonchev–Trinajstić information content (AvgIpc) is 3.02. The topological polar surface area (TPSA) is 109 Å². The first-order chi connectivity index (χ1) is 11.6. The standard InChI is InChI=1S/C16H20N4O4/c1-23-12-3-2-11-6-10(9-24-13(11)7-12)8-17-15(21)5-4-14-18-16(22)20-19-14/h2-3,7,10H,4-6,8-9H2,1H3,(H,17,21)(H2,18,19,20,22). The second-order valence-electron chi connectivity index (χ2n) is 5.78. The maximum atomic E-state index is 11.9. The highest BCUT2D eigenvalue weighted by Gasteiger charge is 2.21. The van der Waals surface area contributed by atoms with E-state index in [-0.39, 0.29) is 23.9 Å². The van der Waals surface area contributed by atoms with E-state index in [0.29, 0.717) is 25.4 Å². The highest BCUT2D eigenvalue weighted by atomic mass is 16.5. The van der Waals surface area contributed by atoms with Crippen LogP contribution in [0.5, 0.6) is 11.5 Å². The quantitative estimate of drug-likeness (QED) is 0.710. The van der Waals surface area contributed by atoms with Crippen molar-refractivity contribution in [2.45, 2.75) is 19.3 Å². The SMILES string of the molecule is COc1ccc2c(c1)OCC(CNC(=O)CCc1n[nH]c(=O)[nH]1)C2. The van der Waals surface area contributed by atoms with Crippen molar-refractivity contribution in [3.63, 3.8) is 0 Å². The molecule has 1 amide bonds. The van der Waals surface area contributed by atoms with Crippen molar-refractivity contribution < 1.29 is 14.3 Å². The second kappa shape index (κ2) is 7.20. The van der Waals surface area contributed by atoms with Crippen LogP contribution in [-0.4, -0.2) is 41.3 Å². The number of hydrogen-bond acceptors (Lipinski definition) is 5. The Bertz CT molecular complexity index is 767. The van der Waals surface area contributed by atoms with Gasteiger partial charge in [0.2, 0.25) is 5.91 Å². The molecule has 24 heavy (non-hydrogen) atoms. The van der Waals surface area contributed by atoms with Crippen LogP contribution in [0, 0.1) is 5.92 Å². The molecule has 1 aliphatic heterocycles. The summed E-state index contributed by atoms with van der Waals surface area (Å²) < 4.78 is 10.9. The normalized spacial score (nSPS) is 16.1. The van der Waals surface area contributed by atoms with Gasteiger partial charge in [0.05, 0.1) is 13.7 Å². The number of methoxy groups -OCH3 is 1. The van der Waals surface area contributed by atoms with Crippen LogP contribution in [0.4, 0.5) is 0 Å². The molecule has 8 heteroatoms. The molecule has 3 N–H and O–H groups in total. The van der Waals surface area contributed by atoms with Gasteiger partial charge in [-0.3, -0.25) is 9.78 Å². The van der Waals surface area contributed by atoms with E-state index in [2.05, 4.69) is 20.5 Å². The Morgan fingerprint density at radius 1 is 1.50 bits per heavy atom. The van der Waals surface area contributed by atoms with Crippen LogP contribution in [0.25, 0.3) is 0 Å². The molecule has 1 aliphatic rings. The predicted molar refractivity (Wildman–Crippen MR) is 86.2 cm³/mol. The van der Waals surface area contributed by atoms with Gasteiger partial charge in [0.25, 0.3) is 0 Å². The van der Waals surface area contributed by atoms with Crippen LogP contribution in [0.15, 0.2) is 23.0 Å². The largest absolute Gasteiger partial charge is 0.497 e. The van der Waals surface area contributed by atoms with Crippen LogP contribution in [0.3, 0.4) is 0 Å². The molecule has 128 valence electrons. The number of amides is 1. The number of carbonyl (C=O) groups excluding carboxylic acids is 1. The summed E-state index contributed by atoms with van der Waals surface area (Å²) in [7, 11) is 1.63. The molecule has 2 heterocycles. The fourth-order valence-corrected chi connectivity index (χ4v) is 2.68. The maximum absolute atomic E-state index is 11.9. The number of rotatable bonds is 6. The fourth-order valence-electron chi connectivity index (χ4n) is 2.68. The Hall–Kier alpha value is -2.77. The first-order valence-corrected chi connectivity index (χ1v) is 7.84. The number of benzene rings is 1. The van der Waals surface area contributed by atoms with Gasteiger partial charge >= 0.3 is 5.69 Å². The third-order valence-electron chi connectivity index (χ3n) is 3.98. The van der Waals surface area contributed by atoms with Crippen LogP contribution in [-0.2, 0) is 17.6 Å². The number of aromatic amines is 2. The van der Waals surface area contributed by atoms with Crippen molar-refractivity contribution in [2.75, 3.05) is 20.3 Å². The Labute approximate surface area is 138 Å². The smallest absolute Gasteiger partial charge is 0.340 e. The zero-order valence-corrected chi connectivity index (χ0v) is 13.4. The predicted octanol–water partition coefficient (Wildman–Crippen LogP) is 0.407. The van der Waals surface area contributed by atoms with Crippen LogP contribution in [0.2, 0.25) is 0 Å². The fraction of sp³-hybridized carbons (Fsp3) is 0.438. The van der Waals surface area contributed by atoms with Gasteiger partial charge in [-0.2, -0.15) is 5.10 Å². The minimum absolute atomic E-state index is 0.0700. The molecule has 8 nitrogen and oxygen atoms in total. The Morgan fingerprint density at radius 2 is 2.38 bits per heavy atom. The molecule has 0 radical (unpaired) electrons. The van der Waals surface area contributed by atoms with Gasteiger partial charge in [-0.1, -0.05) is 6.07 Å². The Balaban J connectivity index is 1.45. The number of nitrogens with zero attached hydrogens (tertiary/aromatic N) is 1. The second-order valence-corrected chi connectivity index (χ2v) is 5.78. The van der Waals surface area contributed by atoms with E-state index >= 15 is 0 Å². The summed E-state index contributed by atoms with van der Waals surface area (Å²) in [5.41, 5.74) is 0.760. The maximum Gasteiger partial charge on any atom is 0.340 e. The van der Waals surface area contributed by atoms with Gasteiger partial charge in [0.15, 0.2) is 0 Å². The lowest BCUT2D eigenvalue weighted by molar-refractivity contribution is -0.121. The summed E-state index contributed by atoms with van der Waals surface area (Å²) in [6, 6.07) is 5.79. The van der Waals surface area contributed by atoms with E-state index < -0.39 is 0 Å². The highest BCUT2D eigenvalue weighted by molar-refractivity contribution is 5.76. The van der Waals surface area contributed by atoms with E-state index in [1.54, 1.807) is 7.11 Å². The molecular weight excluding hydrogens is 312 g/mol. The van der Waals surface area contributed by atoms with Gasteiger partial charge in [-0.25, -0.2) is 9.89 Å². The van der Waals surface area contributed by atoms with Crippen LogP contribution < -0.4 is 20.5 Å². The summed E-state index contributed by atoms with van der Waals surface area (Å²) in [6.07, 6.45) is 1.53. The Morgan fingerprint density at radius 3 is 3.12 bits per heavy atom. The highest BCUT2D eigenvalue weighted by Crippen LogP contribution is 2.30. The minimum Gasteiger partial charge on any atom is -0.497 e. The van der Waals surface area contributed by atoms with Crippen molar-refractivity contribution in [1.82, 2.24) is 20.5 Å². The molecule has 0 fully saturated rings. The van der Waals surface area contributed by atoms with Crippen molar-refractivity contribution >= 4 is 5.91 Å². The Kier molecular flexibility index (Phi) is 4.83. The molecule has 0 saturated heterocycles. The van der Waals surface area contributed by atoms with Gasteiger partial charge < -0.3 is 14.8 Å². The number of aryl methyl sites for hydroxylation is 1. The molecule has 3 rings (SSSR count). The summed E-state index contributed by atoms with van der Waals surface area (Å²) in [4.78, 5) is 25.3. The molecule has 2 aromatic rings. The van der Waals surface area contributed by atoms with Crippen molar-refractivity contribution in [2.24, 2.45) is 5.92 Å². The van der Waals surface area contributed by atoms with Crippen LogP contribution >= 0.6 is 0 Å². The van der Waals surface area contributed by atoms with E-state index in [4.69, 9.17) is 9.47 Å². The number of fused-ring (bicyclic) bond motifs is 1. The number of aromatic nitrogens is 3. The minimum atomic E-state index is -0.361. The third-order valence-corrected chi connectivity index (χ3v) is 3.98. The lowest BCUT2D eigenvalue weighted by Gasteiger charge is -2.25. The molecule has 0 spiro atoms. The molecular formula is C16H20N4O4. The zero-order chi connectivity index (χ0) is 16.9. The number of hydrogen-bond donors (Lipinski definition) is 3. The summed E-state index contributed by atoms with van der Waals surface area (Å²) in [6.45, 7) is 1.12. The van der Waals surface area contributed by atoms with Crippen LogP contribution in [0.1, 0.15) is 17.8 Å². The van der Waals surface area contributed by atoms with Gasteiger partial charge in [0.1, 0.15) is 17.3 Å². The molecule has 1 aromatic carbocycles. The first-order valence-electron chi connectivity index (χ1n) is 7.84. The monoisotopic (exact) mass is 332 g/mol. The van der Waals surface area contributed by atoms with Gasteiger partial charge in [-0.05, 0) is 18.1 Å². The van der Waals surface area contributed by atoms with Crippen molar-refractivity contribution in [3.05, 3.63) is 40.1 Å². The van der Waals surface area contributed by atoms with E-state index in [1.807, 2.05) is 18.2 Å².